The van der Waals surface area contributed by atoms with Gasteiger partial charge in [0.1, 0.15) is 5.82 Å². The third kappa shape index (κ3) is 4.68. The molecular formula is C21H23BrN6O2. The molecule has 0 spiro atoms. The number of pyridine rings is 1. The first-order chi connectivity index (χ1) is 14.5. The molecule has 1 aliphatic rings. The molecule has 1 amide bonds. The van der Waals surface area contributed by atoms with Gasteiger partial charge in [0.2, 0.25) is 5.91 Å². The summed E-state index contributed by atoms with van der Waals surface area (Å²) >= 11 is 3.37. The minimum absolute atomic E-state index is 0.160. The molecule has 8 nitrogen and oxygen atoms in total. The van der Waals surface area contributed by atoms with Crippen molar-refractivity contribution in [1.82, 2.24) is 19.4 Å². The van der Waals surface area contributed by atoms with E-state index in [0.717, 1.165) is 36.5 Å². The fraction of sp³-hybridized carbons (Fsp3) is 0.333. The van der Waals surface area contributed by atoms with Gasteiger partial charge >= 0.3 is 0 Å². The van der Waals surface area contributed by atoms with Gasteiger partial charge in [-0.05, 0) is 37.4 Å². The Morgan fingerprint density at radius 3 is 2.67 bits per heavy atom. The number of amides is 1. The van der Waals surface area contributed by atoms with Crippen LogP contribution in [0.15, 0.2) is 52.1 Å². The molecule has 1 fully saturated rings. The van der Waals surface area contributed by atoms with E-state index < -0.39 is 0 Å². The van der Waals surface area contributed by atoms with Gasteiger partial charge in [-0.2, -0.15) is 0 Å². The molecule has 0 radical (unpaired) electrons. The summed E-state index contributed by atoms with van der Waals surface area (Å²) in [6.45, 7) is 4.17. The number of likely N-dealkylation sites (N-methyl/N-ethyl adjacent to an activating group) is 1. The van der Waals surface area contributed by atoms with E-state index in [1.165, 1.54) is 10.9 Å². The van der Waals surface area contributed by atoms with E-state index in [-0.39, 0.29) is 24.4 Å². The molecule has 1 aliphatic heterocycles. The number of halogens is 1. The molecule has 1 aromatic carbocycles. The highest BCUT2D eigenvalue weighted by molar-refractivity contribution is 9.10. The zero-order valence-corrected chi connectivity index (χ0v) is 18.3. The third-order valence-corrected chi connectivity index (χ3v) is 5.72. The van der Waals surface area contributed by atoms with Crippen molar-refractivity contribution < 1.29 is 4.79 Å². The molecule has 0 unspecified atom stereocenters. The lowest BCUT2D eigenvalue weighted by Gasteiger charge is -2.33. The molecule has 4 rings (SSSR count). The van der Waals surface area contributed by atoms with Crippen molar-refractivity contribution in [3.05, 3.63) is 57.7 Å². The number of benzene rings is 1. The molecule has 0 aliphatic carbocycles. The average molecular weight is 471 g/mol. The molecule has 2 aromatic heterocycles. The van der Waals surface area contributed by atoms with E-state index in [9.17, 15) is 9.59 Å². The van der Waals surface area contributed by atoms with Crippen LogP contribution in [0, 0.1) is 0 Å². The molecule has 0 atom stereocenters. The highest BCUT2D eigenvalue weighted by atomic mass is 79.9. The summed E-state index contributed by atoms with van der Waals surface area (Å²) in [5.74, 6) is 0.742. The van der Waals surface area contributed by atoms with Crippen LogP contribution < -0.4 is 15.8 Å². The molecule has 3 aromatic rings. The van der Waals surface area contributed by atoms with Gasteiger partial charge in [0, 0.05) is 43.6 Å². The number of fused-ring (bicyclic) bond motifs is 1. The summed E-state index contributed by atoms with van der Waals surface area (Å²) in [4.78, 5) is 38.3. The predicted molar refractivity (Wildman–Crippen MR) is 121 cm³/mol. The van der Waals surface area contributed by atoms with Gasteiger partial charge in [-0.1, -0.05) is 15.9 Å². The quantitative estimate of drug-likeness (QED) is 0.615. The monoisotopic (exact) mass is 470 g/mol. The van der Waals surface area contributed by atoms with E-state index in [1.54, 1.807) is 18.3 Å². The Hall–Kier alpha value is -2.78. The topological polar surface area (TPSA) is 83.4 Å². The molecule has 0 bridgehead atoms. The number of aryl methyl sites for hydroxylation is 1. The number of rotatable bonds is 5. The third-order valence-electron chi connectivity index (χ3n) is 5.22. The number of nitrogens with one attached hydrogen (secondary N) is 1. The number of aromatic nitrogens is 3. The predicted octanol–water partition coefficient (Wildman–Crippen LogP) is 2.33. The summed E-state index contributed by atoms with van der Waals surface area (Å²) in [7, 11) is 2.12. The van der Waals surface area contributed by atoms with Crippen LogP contribution in [-0.4, -0.2) is 58.6 Å². The Bertz CT molecular complexity index is 1110. The lowest BCUT2D eigenvalue weighted by molar-refractivity contribution is -0.116. The van der Waals surface area contributed by atoms with Gasteiger partial charge in [0.25, 0.3) is 5.56 Å². The summed E-state index contributed by atoms with van der Waals surface area (Å²) in [5, 5.41) is 3.37. The first-order valence-electron chi connectivity index (χ1n) is 9.84. The Balaban J connectivity index is 1.35. The SMILES string of the molecule is CN1CCN(c2ccc(NC(=O)CCn3cnc4ccc(Br)cc4c3=O)cn2)CC1. The van der Waals surface area contributed by atoms with Crippen LogP contribution in [0.2, 0.25) is 0 Å². The Morgan fingerprint density at radius 2 is 1.93 bits per heavy atom. The van der Waals surface area contributed by atoms with Crippen LogP contribution in [0.1, 0.15) is 6.42 Å². The molecule has 1 saturated heterocycles. The van der Waals surface area contributed by atoms with E-state index in [0.29, 0.717) is 16.6 Å². The van der Waals surface area contributed by atoms with Crippen LogP contribution >= 0.6 is 15.9 Å². The van der Waals surface area contributed by atoms with Gasteiger partial charge in [0.05, 0.1) is 29.1 Å². The number of hydrogen-bond acceptors (Lipinski definition) is 6. The lowest BCUT2D eigenvalue weighted by Crippen LogP contribution is -2.44. The lowest BCUT2D eigenvalue weighted by atomic mass is 10.2. The minimum atomic E-state index is -0.176. The van der Waals surface area contributed by atoms with Gasteiger partial charge in [0.15, 0.2) is 0 Å². The fourth-order valence-electron chi connectivity index (χ4n) is 3.42. The number of hydrogen-bond donors (Lipinski definition) is 1. The van der Waals surface area contributed by atoms with Gasteiger partial charge in [-0.3, -0.25) is 14.2 Å². The maximum Gasteiger partial charge on any atom is 0.261 e. The van der Waals surface area contributed by atoms with Crippen molar-refractivity contribution in [1.29, 1.82) is 0 Å². The second-order valence-electron chi connectivity index (χ2n) is 7.40. The second kappa shape index (κ2) is 8.93. The van der Waals surface area contributed by atoms with Crippen LogP contribution in [-0.2, 0) is 11.3 Å². The first kappa shape index (κ1) is 20.5. The fourth-order valence-corrected chi connectivity index (χ4v) is 3.78. The van der Waals surface area contributed by atoms with Crippen molar-refractivity contribution in [2.75, 3.05) is 43.4 Å². The number of carbonyl (C=O) groups is 1. The molecule has 156 valence electrons. The Labute approximate surface area is 182 Å². The molecule has 3 heterocycles. The van der Waals surface area contributed by atoms with Crippen molar-refractivity contribution in [2.45, 2.75) is 13.0 Å². The summed E-state index contributed by atoms with van der Waals surface area (Å²) in [6.07, 6.45) is 3.33. The smallest absolute Gasteiger partial charge is 0.261 e. The van der Waals surface area contributed by atoms with Crippen LogP contribution in [0.5, 0.6) is 0 Å². The minimum Gasteiger partial charge on any atom is -0.354 e. The Morgan fingerprint density at radius 1 is 1.13 bits per heavy atom. The van der Waals surface area contributed by atoms with E-state index in [1.807, 2.05) is 18.2 Å². The summed E-state index contributed by atoms with van der Waals surface area (Å²) in [5.41, 5.74) is 1.12. The van der Waals surface area contributed by atoms with Crippen LogP contribution in [0.3, 0.4) is 0 Å². The van der Waals surface area contributed by atoms with Gasteiger partial charge < -0.3 is 15.1 Å². The molecular weight excluding hydrogens is 448 g/mol. The van der Waals surface area contributed by atoms with Crippen LogP contribution in [0.25, 0.3) is 10.9 Å². The highest BCUT2D eigenvalue weighted by Gasteiger charge is 2.15. The molecule has 0 saturated carbocycles. The highest BCUT2D eigenvalue weighted by Crippen LogP contribution is 2.17. The average Bonchev–Trinajstić information content (AvgIpc) is 2.75. The maximum atomic E-state index is 12.6. The van der Waals surface area contributed by atoms with Crippen molar-refractivity contribution in [2.24, 2.45) is 0 Å². The summed E-state index contributed by atoms with van der Waals surface area (Å²) in [6, 6.07) is 9.16. The summed E-state index contributed by atoms with van der Waals surface area (Å²) < 4.78 is 2.28. The zero-order chi connectivity index (χ0) is 21.1. The number of carbonyl (C=O) groups excluding carboxylic acids is 1. The largest absolute Gasteiger partial charge is 0.354 e. The number of nitrogens with zero attached hydrogens (tertiary/aromatic N) is 5. The van der Waals surface area contributed by atoms with Crippen molar-refractivity contribution in [3.63, 3.8) is 0 Å². The molecule has 30 heavy (non-hydrogen) atoms. The molecule has 9 heteroatoms. The number of anilines is 2. The van der Waals surface area contributed by atoms with Crippen LogP contribution in [0.4, 0.5) is 11.5 Å². The van der Waals surface area contributed by atoms with E-state index in [4.69, 9.17) is 0 Å². The van der Waals surface area contributed by atoms with Crippen molar-refractivity contribution >= 4 is 44.2 Å². The normalized spacial score (nSPS) is 14.8. The zero-order valence-electron chi connectivity index (χ0n) is 16.7. The van der Waals surface area contributed by atoms with Gasteiger partial charge in [-0.15, -0.1) is 0 Å². The first-order valence-corrected chi connectivity index (χ1v) is 10.6. The van der Waals surface area contributed by atoms with Crippen molar-refractivity contribution in [3.8, 4) is 0 Å². The standard InChI is InChI=1S/C21H23BrN6O2/c1-26-8-10-27(11-9-26)19-5-3-16(13-23-19)25-20(29)6-7-28-14-24-18-4-2-15(22)12-17(18)21(28)30/h2-5,12-14H,6-11H2,1H3,(H,25,29). The van der Waals surface area contributed by atoms with E-state index in [2.05, 4.69) is 48.1 Å². The Kier molecular flexibility index (Phi) is 6.10. The second-order valence-corrected chi connectivity index (χ2v) is 8.31. The number of piperazine rings is 1. The van der Waals surface area contributed by atoms with Gasteiger partial charge in [-0.25, -0.2) is 9.97 Å². The maximum absolute atomic E-state index is 12.6. The molecule has 1 N–H and O–H groups in total. The van der Waals surface area contributed by atoms with E-state index >= 15 is 0 Å².